The standard InChI is InChI=1S/C12H17NO3/c1-4-9(12(15)16)13-10-5-8(3)11(14)6-7(10)2/h5-6,9,13-14H,4H2,1-3H3,(H,15,16). The summed E-state index contributed by atoms with van der Waals surface area (Å²) in [5, 5.41) is 21.4. The molecule has 0 spiro atoms. The van der Waals surface area contributed by atoms with Gasteiger partial charge in [0.25, 0.3) is 0 Å². The summed E-state index contributed by atoms with van der Waals surface area (Å²) in [6, 6.07) is 2.80. The van der Waals surface area contributed by atoms with Crippen LogP contribution in [0.2, 0.25) is 0 Å². The Kier molecular flexibility index (Phi) is 3.77. The van der Waals surface area contributed by atoms with Gasteiger partial charge in [0.05, 0.1) is 0 Å². The van der Waals surface area contributed by atoms with E-state index >= 15 is 0 Å². The summed E-state index contributed by atoms with van der Waals surface area (Å²) in [4.78, 5) is 10.9. The zero-order valence-corrected chi connectivity index (χ0v) is 9.74. The minimum Gasteiger partial charge on any atom is -0.508 e. The SMILES string of the molecule is CCC(Nc1cc(C)c(O)cc1C)C(=O)O. The lowest BCUT2D eigenvalue weighted by molar-refractivity contribution is -0.137. The Labute approximate surface area is 94.9 Å². The summed E-state index contributed by atoms with van der Waals surface area (Å²) in [6.07, 6.45) is 0.509. The van der Waals surface area contributed by atoms with E-state index in [1.165, 1.54) is 0 Å². The van der Waals surface area contributed by atoms with Gasteiger partial charge < -0.3 is 15.5 Å². The number of hydrogen-bond acceptors (Lipinski definition) is 3. The van der Waals surface area contributed by atoms with E-state index in [-0.39, 0.29) is 5.75 Å². The van der Waals surface area contributed by atoms with Crippen LogP contribution >= 0.6 is 0 Å². The number of carbonyl (C=O) groups is 1. The van der Waals surface area contributed by atoms with E-state index in [2.05, 4.69) is 5.32 Å². The monoisotopic (exact) mass is 223 g/mol. The third-order valence-corrected chi connectivity index (χ3v) is 2.58. The van der Waals surface area contributed by atoms with Crippen molar-refractivity contribution in [2.45, 2.75) is 33.2 Å². The summed E-state index contributed by atoms with van der Waals surface area (Å²) in [6.45, 7) is 5.42. The van der Waals surface area contributed by atoms with Gasteiger partial charge in [-0.05, 0) is 43.5 Å². The summed E-state index contributed by atoms with van der Waals surface area (Å²) in [7, 11) is 0. The number of aryl methyl sites for hydroxylation is 2. The zero-order valence-electron chi connectivity index (χ0n) is 9.74. The molecule has 1 aromatic rings. The topological polar surface area (TPSA) is 69.6 Å². The van der Waals surface area contributed by atoms with Gasteiger partial charge in [-0.25, -0.2) is 4.79 Å². The second-order valence-corrected chi connectivity index (χ2v) is 3.90. The molecule has 0 aromatic heterocycles. The largest absolute Gasteiger partial charge is 0.508 e. The normalized spacial score (nSPS) is 12.2. The molecule has 0 saturated carbocycles. The zero-order chi connectivity index (χ0) is 12.3. The van der Waals surface area contributed by atoms with Crippen LogP contribution in [0.15, 0.2) is 12.1 Å². The molecule has 0 amide bonds. The average Bonchev–Trinajstić information content (AvgIpc) is 2.21. The van der Waals surface area contributed by atoms with E-state index < -0.39 is 12.0 Å². The lowest BCUT2D eigenvalue weighted by atomic mass is 10.1. The molecule has 0 aliphatic heterocycles. The molecule has 0 fully saturated rings. The molecule has 0 heterocycles. The number of nitrogens with one attached hydrogen (secondary N) is 1. The molecule has 1 atom stereocenters. The first-order valence-electron chi connectivity index (χ1n) is 5.25. The van der Waals surface area contributed by atoms with E-state index in [0.29, 0.717) is 6.42 Å². The number of phenolic OH excluding ortho intramolecular Hbond substituents is 1. The van der Waals surface area contributed by atoms with Crippen LogP contribution in [0.1, 0.15) is 24.5 Å². The van der Waals surface area contributed by atoms with Crippen molar-refractivity contribution < 1.29 is 15.0 Å². The van der Waals surface area contributed by atoms with Gasteiger partial charge in [-0.15, -0.1) is 0 Å². The molecule has 4 heteroatoms. The Morgan fingerprint density at radius 3 is 2.50 bits per heavy atom. The van der Waals surface area contributed by atoms with Gasteiger partial charge >= 0.3 is 5.97 Å². The van der Waals surface area contributed by atoms with Crippen LogP contribution in [0.25, 0.3) is 0 Å². The summed E-state index contributed by atoms with van der Waals surface area (Å²) >= 11 is 0. The highest BCUT2D eigenvalue weighted by molar-refractivity contribution is 5.77. The first kappa shape index (κ1) is 12.4. The van der Waals surface area contributed by atoms with Crippen molar-refractivity contribution in [2.75, 3.05) is 5.32 Å². The molecule has 1 rings (SSSR count). The maximum Gasteiger partial charge on any atom is 0.326 e. The second kappa shape index (κ2) is 4.88. The first-order valence-corrected chi connectivity index (χ1v) is 5.25. The maximum atomic E-state index is 10.9. The van der Waals surface area contributed by atoms with Gasteiger partial charge in [0, 0.05) is 5.69 Å². The lowest BCUT2D eigenvalue weighted by Crippen LogP contribution is -2.28. The Hall–Kier alpha value is -1.71. The minimum absolute atomic E-state index is 0.228. The predicted molar refractivity (Wildman–Crippen MR) is 62.9 cm³/mol. The minimum atomic E-state index is -0.868. The number of carboxylic acid groups (broad SMARTS) is 1. The fraction of sp³-hybridized carbons (Fsp3) is 0.417. The van der Waals surface area contributed by atoms with Crippen molar-refractivity contribution >= 4 is 11.7 Å². The number of aliphatic carboxylic acids is 1. The molecule has 1 aromatic carbocycles. The van der Waals surface area contributed by atoms with Gasteiger partial charge in [-0.3, -0.25) is 0 Å². The highest BCUT2D eigenvalue weighted by atomic mass is 16.4. The highest BCUT2D eigenvalue weighted by Gasteiger charge is 2.15. The molecule has 0 radical (unpaired) electrons. The maximum absolute atomic E-state index is 10.9. The molecule has 4 nitrogen and oxygen atoms in total. The van der Waals surface area contributed by atoms with Crippen LogP contribution in [0.3, 0.4) is 0 Å². The summed E-state index contributed by atoms with van der Waals surface area (Å²) in [5.41, 5.74) is 2.32. The molecular formula is C12H17NO3. The fourth-order valence-corrected chi connectivity index (χ4v) is 1.48. The Bertz CT molecular complexity index is 401. The summed E-state index contributed by atoms with van der Waals surface area (Å²) < 4.78 is 0. The number of carboxylic acids is 1. The highest BCUT2D eigenvalue weighted by Crippen LogP contribution is 2.25. The lowest BCUT2D eigenvalue weighted by Gasteiger charge is -2.16. The van der Waals surface area contributed by atoms with Crippen molar-refractivity contribution in [3.05, 3.63) is 23.3 Å². The van der Waals surface area contributed by atoms with Crippen LogP contribution in [0.4, 0.5) is 5.69 Å². The first-order chi connectivity index (χ1) is 7.45. The molecule has 16 heavy (non-hydrogen) atoms. The molecular weight excluding hydrogens is 206 g/mol. The van der Waals surface area contributed by atoms with Crippen LogP contribution in [0, 0.1) is 13.8 Å². The van der Waals surface area contributed by atoms with Gasteiger partial charge in [0.15, 0.2) is 0 Å². The van der Waals surface area contributed by atoms with E-state index in [1.807, 2.05) is 13.8 Å². The van der Waals surface area contributed by atoms with Crippen molar-refractivity contribution in [3.8, 4) is 5.75 Å². The number of hydrogen-bond donors (Lipinski definition) is 3. The second-order valence-electron chi connectivity index (χ2n) is 3.90. The number of aromatic hydroxyl groups is 1. The molecule has 3 N–H and O–H groups in total. The van der Waals surface area contributed by atoms with Crippen molar-refractivity contribution in [2.24, 2.45) is 0 Å². The van der Waals surface area contributed by atoms with Crippen LogP contribution in [-0.4, -0.2) is 22.2 Å². The van der Waals surface area contributed by atoms with Gasteiger partial charge in [-0.1, -0.05) is 6.92 Å². The molecule has 0 bridgehead atoms. The number of benzene rings is 1. The molecule has 0 aliphatic carbocycles. The number of rotatable bonds is 4. The predicted octanol–water partition coefficient (Wildman–Crippen LogP) is 2.28. The average molecular weight is 223 g/mol. The molecule has 0 saturated heterocycles. The molecule has 0 aliphatic rings. The van der Waals surface area contributed by atoms with Gasteiger partial charge in [0.1, 0.15) is 11.8 Å². The third-order valence-electron chi connectivity index (χ3n) is 2.58. The Morgan fingerprint density at radius 2 is 2.00 bits per heavy atom. The Morgan fingerprint density at radius 1 is 1.38 bits per heavy atom. The number of phenols is 1. The Balaban J connectivity index is 2.96. The van der Waals surface area contributed by atoms with Crippen molar-refractivity contribution in [1.29, 1.82) is 0 Å². The van der Waals surface area contributed by atoms with E-state index in [4.69, 9.17) is 5.11 Å². The number of anilines is 1. The smallest absolute Gasteiger partial charge is 0.326 e. The van der Waals surface area contributed by atoms with E-state index in [0.717, 1.165) is 16.8 Å². The fourth-order valence-electron chi connectivity index (χ4n) is 1.48. The van der Waals surface area contributed by atoms with Crippen molar-refractivity contribution in [3.63, 3.8) is 0 Å². The molecule has 88 valence electrons. The van der Waals surface area contributed by atoms with Crippen LogP contribution in [-0.2, 0) is 4.79 Å². The third kappa shape index (κ3) is 2.66. The van der Waals surface area contributed by atoms with Gasteiger partial charge in [0.2, 0.25) is 0 Å². The quantitative estimate of drug-likeness (QED) is 0.685. The summed E-state index contributed by atoms with van der Waals surface area (Å²) in [5.74, 6) is -0.640. The van der Waals surface area contributed by atoms with Crippen LogP contribution < -0.4 is 5.32 Å². The van der Waals surface area contributed by atoms with Crippen LogP contribution in [0.5, 0.6) is 5.75 Å². The van der Waals surface area contributed by atoms with E-state index in [9.17, 15) is 9.90 Å². The molecule has 1 unspecified atom stereocenters. The van der Waals surface area contributed by atoms with Gasteiger partial charge in [-0.2, -0.15) is 0 Å². The van der Waals surface area contributed by atoms with E-state index in [1.54, 1.807) is 19.1 Å². The van der Waals surface area contributed by atoms with Crippen molar-refractivity contribution in [1.82, 2.24) is 0 Å².